The topological polar surface area (TPSA) is 58.4 Å². The first kappa shape index (κ1) is 15.8. The van der Waals surface area contributed by atoms with Crippen molar-refractivity contribution in [2.75, 3.05) is 19.6 Å². The summed E-state index contributed by atoms with van der Waals surface area (Å²) in [6, 6.07) is 0.516. The standard InChI is InChI=1S/C16H31N3O/c1-12-9-13(2)11-19(10-12)8-4-7-16(3,15(17)20)18-14-5-6-14/h12-14,18H,4-11H2,1-3H3,(H2,17,20). The lowest BCUT2D eigenvalue weighted by atomic mass is 9.90. The number of carbonyl (C=O) groups is 1. The van der Waals surface area contributed by atoms with E-state index in [4.69, 9.17) is 5.73 Å². The number of nitrogens with zero attached hydrogens (tertiary/aromatic N) is 1. The number of nitrogens with two attached hydrogens (primary N) is 1. The van der Waals surface area contributed by atoms with E-state index >= 15 is 0 Å². The van der Waals surface area contributed by atoms with Gasteiger partial charge in [0.25, 0.3) is 0 Å². The summed E-state index contributed by atoms with van der Waals surface area (Å²) in [7, 11) is 0. The van der Waals surface area contributed by atoms with Crippen molar-refractivity contribution in [2.24, 2.45) is 17.6 Å². The first-order valence-corrected chi connectivity index (χ1v) is 8.19. The van der Waals surface area contributed by atoms with Gasteiger partial charge in [0.1, 0.15) is 0 Å². The zero-order valence-electron chi connectivity index (χ0n) is 13.3. The molecule has 2 fully saturated rings. The first-order valence-electron chi connectivity index (χ1n) is 8.19. The van der Waals surface area contributed by atoms with Crippen LogP contribution in [0.25, 0.3) is 0 Å². The molecule has 1 saturated heterocycles. The molecule has 1 aliphatic carbocycles. The molecule has 20 heavy (non-hydrogen) atoms. The van der Waals surface area contributed by atoms with E-state index in [1.807, 2.05) is 6.92 Å². The van der Waals surface area contributed by atoms with Crippen molar-refractivity contribution in [3.8, 4) is 0 Å². The van der Waals surface area contributed by atoms with Crippen LogP contribution in [0.4, 0.5) is 0 Å². The highest BCUT2D eigenvalue weighted by Gasteiger charge is 2.36. The van der Waals surface area contributed by atoms with Crippen LogP contribution >= 0.6 is 0 Å². The highest BCUT2D eigenvalue weighted by Crippen LogP contribution is 2.25. The largest absolute Gasteiger partial charge is 0.368 e. The fourth-order valence-corrected chi connectivity index (χ4v) is 3.58. The average Bonchev–Trinajstić information content (AvgIpc) is 3.11. The van der Waals surface area contributed by atoms with Gasteiger partial charge in [-0.05, 0) is 57.4 Å². The maximum atomic E-state index is 11.7. The number of carbonyl (C=O) groups excluding carboxylic acids is 1. The molecule has 0 aromatic rings. The van der Waals surface area contributed by atoms with Gasteiger partial charge in [0.15, 0.2) is 0 Å². The van der Waals surface area contributed by atoms with Crippen molar-refractivity contribution in [1.82, 2.24) is 10.2 Å². The van der Waals surface area contributed by atoms with E-state index < -0.39 is 5.54 Å². The minimum absolute atomic E-state index is 0.204. The fourth-order valence-electron chi connectivity index (χ4n) is 3.58. The molecular weight excluding hydrogens is 250 g/mol. The number of nitrogens with one attached hydrogen (secondary N) is 1. The quantitative estimate of drug-likeness (QED) is 0.747. The zero-order chi connectivity index (χ0) is 14.8. The third-order valence-electron chi connectivity index (χ3n) is 4.74. The van der Waals surface area contributed by atoms with Gasteiger partial charge in [0.05, 0.1) is 5.54 Å². The molecular formula is C16H31N3O. The van der Waals surface area contributed by atoms with E-state index in [1.165, 1.54) is 32.4 Å². The summed E-state index contributed by atoms with van der Waals surface area (Å²) in [4.78, 5) is 14.3. The van der Waals surface area contributed by atoms with E-state index in [1.54, 1.807) is 0 Å². The molecule has 4 nitrogen and oxygen atoms in total. The van der Waals surface area contributed by atoms with Gasteiger partial charge < -0.3 is 16.0 Å². The van der Waals surface area contributed by atoms with Gasteiger partial charge in [-0.2, -0.15) is 0 Å². The highest BCUT2D eigenvalue weighted by molar-refractivity contribution is 5.84. The lowest BCUT2D eigenvalue weighted by Crippen LogP contribution is -2.54. The third kappa shape index (κ3) is 4.45. The smallest absolute Gasteiger partial charge is 0.237 e. The van der Waals surface area contributed by atoms with E-state index in [-0.39, 0.29) is 5.91 Å². The summed E-state index contributed by atoms with van der Waals surface area (Å²) in [6.45, 7) is 10.1. The molecule has 3 atom stereocenters. The predicted octanol–water partition coefficient (Wildman–Crippen LogP) is 1.74. The van der Waals surface area contributed by atoms with Crippen LogP contribution in [0.2, 0.25) is 0 Å². The maximum Gasteiger partial charge on any atom is 0.237 e. The van der Waals surface area contributed by atoms with E-state index in [9.17, 15) is 4.79 Å². The molecule has 1 aliphatic heterocycles. The van der Waals surface area contributed by atoms with Crippen LogP contribution in [0, 0.1) is 11.8 Å². The Kier molecular flexibility index (Phi) is 5.08. The highest BCUT2D eigenvalue weighted by atomic mass is 16.1. The Morgan fingerprint density at radius 2 is 1.90 bits per heavy atom. The van der Waals surface area contributed by atoms with Gasteiger partial charge in [-0.3, -0.25) is 4.79 Å². The minimum atomic E-state index is -0.520. The molecule has 4 heteroatoms. The van der Waals surface area contributed by atoms with Gasteiger partial charge in [0, 0.05) is 19.1 Å². The van der Waals surface area contributed by atoms with Crippen molar-refractivity contribution in [1.29, 1.82) is 0 Å². The third-order valence-corrected chi connectivity index (χ3v) is 4.74. The number of piperidine rings is 1. The van der Waals surface area contributed by atoms with Gasteiger partial charge in [-0.15, -0.1) is 0 Å². The molecule has 0 bridgehead atoms. The van der Waals surface area contributed by atoms with Crippen molar-refractivity contribution in [3.05, 3.63) is 0 Å². The Morgan fingerprint density at radius 3 is 2.40 bits per heavy atom. The molecule has 0 spiro atoms. The van der Waals surface area contributed by atoms with Crippen molar-refractivity contribution in [3.63, 3.8) is 0 Å². The average molecular weight is 281 g/mol. The lowest BCUT2D eigenvalue weighted by Gasteiger charge is -2.36. The van der Waals surface area contributed by atoms with Gasteiger partial charge in [0.2, 0.25) is 5.91 Å². The Bertz CT molecular complexity index is 333. The van der Waals surface area contributed by atoms with Crippen molar-refractivity contribution >= 4 is 5.91 Å². The first-order chi connectivity index (χ1) is 9.39. The Labute approximate surface area is 123 Å². The predicted molar refractivity (Wildman–Crippen MR) is 82.4 cm³/mol. The fraction of sp³-hybridized carbons (Fsp3) is 0.938. The molecule has 0 aromatic carbocycles. The van der Waals surface area contributed by atoms with Crippen LogP contribution in [-0.4, -0.2) is 42.0 Å². The SMILES string of the molecule is CC1CC(C)CN(CCCC(C)(NC2CC2)C(N)=O)C1. The maximum absolute atomic E-state index is 11.7. The van der Waals surface area contributed by atoms with Gasteiger partial charge >= 0.3 is 0 Å². The normalized spacial score (nSPS) is 30.9. The second kappa shape index (κ2) is 6.44. The Morgan fingerprint density at radius 1 is 1.30 bits per heavy atom. The van der Waals surface area contributed by atoms with Crippen LogP contribution < -0.4 is 11.1 Å². The number of amides is 1. The molecule has 1 heterocycles. The Balaban J connectivity index is 1.76. The molecule has 1 saturated carbocycles. The summed E-state index contributed by atoms with van der Waals surface area (Å²) >= 11 is 0. The molecule has 0 aromatic heterocycles. The van der Waals surface area contributed by atoms with Gasteiger partial charge in [-0.25, -0.2) is 0 Å². The monoisotopic (exact) mass is 281 g/mol. The van der Waals surface area contributed by atoms with E-state index in [0.717, 1.165) is 31.2 Å². The summed E-state index contributed by atoms with van der Waals surface area (Å²) in [5.41, 5.74) is 5.08. The van der Waals surface area contributed by atoms with Crippen LogP contribution in [0.15, 0.2) is 0 Å². The number of hydrogen-bond acceptors (Lipinski definition) is 3. The number of likely N-dealkylation sites (tertiary alicyclic amines) is 1. The van der Waals surface area contributed by atoms with Crippen molar-refractivity contribution < 1.29 is 4.79 Å². The van der Waals surface area contributed by atoms with Crippen LogP contribution in [0.5, 0.6) is 0 Å². The van der Waals surface area contributed by atoms with Crippen molar-refractivity contribution in [2.45, 2.75) is 64.5 Å². The van der Waals surface area contributed by atoms with Crippen LogP contribution in [0.3, 0.4) is 0 Å². The van der Waals surface area contributed by atoms with Crippen LogP contribution in [-0.2, 0) is 4.79 Å². The molecule has 2 aliphatic rings. The zero-order valence-corrected chi connectivity index (χ0v) is 13.3. The van der Waals surface area contributed by atoms with Gasteiger partial charge in [-0.1, -0.05) is 13.8 Å². The van der Waals surface area contributed by atoms with Crippen LogP contribution in [0.1, 0.15) is 52.9 Å². The summed E-state index contributed by atoms with van der Waals surface area (Å²) in [6.07, 6.45) is 5.60. The summed E-state index contributed by atoms with van der Waals surface area (Å²) < 4.78 is 0. The molecule has 2 rings (SSSR count). The van der Waals surface area contributed by atoms with E-state index in [0.29, 0.717) is 6.04 Å². The number of hydrogen-bond donors (Lipinski definition) is 2. The molecule has 3 unspecified atom stereocenters. The lowest BCUT2D eigenvalue weighted by molar-refractivity contribution is -0.124. The minimum Gasteiger partial charge on any atom is -0.368 e. The number of primary amides is 1. The Hall–Kier alpha value is -0.610. The summed E-state index contributed by atoms with van der Waals surface area (Å²) in [5, 5.41) is 3.43. The molecule has 1 amide bonds. The number of rotatable bonds is 7. The molecule has 0 radical (unpaired) electrons. The second-order valence-electron chi connectivity index (χ2n) is 7.42. The molecule has 116 valence electrons. The summed E-state index contributed by atoms with van der Waals surface area (Å²) in [5.74, 6) is 1.39. The molecule has 3 N–H and O–H groups in total. The second-order valence-corrected chi connectivity index (χ2v) is 7.42. The van der Waals surface area contributed by atoms with E-state index in [2.05, 4.69) is 24.1 Å².